The summed E-state index contributed by atoms with van der Waals surface area (Å²) in [4.78, 5) is 23.6. The minimum Gasteiger partial charge on any atom is -0.328 e. The highest BCUT2D eigenvalue weighted by molar-refractivity contribution is 7.80. The van der Waals surface area contributed by atoms with Crippen LogP contribution in [0.1, 0.15) is 12.5 Å². The molecule has 1 aromatic carbocycles. The molecular weight excluding hydrogens is 266 g/mol. The molecule has 19 heavy (non-hydrogen) atoms. The van der Waals surface area contributed by atoms with Crippen molar-refractivity contribution in [2.24, 2.45) is 0 Å². The molecule has 1 fully saturated rings. The summed E-state index contributed by atoms with van der Waals surface area (Å²) >= 11 is 5.02. The second kappa shape index (κ2) is 5.15. The molecule has 6 nitrogen and oxygen atoms in total. The van der Waals surface area contributed by atoms with Crippen LogP contribution >= 0.6 is 12.2 Å². The van der Waals surface area contributed by atoms with Crippen molar-refractivity contribution < 1.29 is 9.72 Å². The highest BCUT2D eigenvalue weighted by Gasteiger charge is 2.28. The van der Waals surface area contributed by atoms with E-state index in [1.807, 2.05) is 6.92 Å². The molecule has 98 valence electrons. The van der Waals surface area contributed by atoms with Gasteiger partial charge in [-0.05, 0) is 30.8 Å². The molecular formula is C12H11N3O3S. The minimum absolute atomic E-state index is 0.0188. The first-order chi connectivity index (χ1) is 9.02. The Morgan fingerprint density at radius 2 is 2.26 bits per heavy atom. The molecule has 1 N–H and O–H groups in total. The van der Waals surface area contributed by atoms with Crippen LogP contribution in [-0.2, 0) is 4.79 Å². The van der Waals surface area contributed by atoms with Crippen molar-refractivity contribution in [3.8, 4) is 0 Å². The van der Waals surface area contributed by atoms with E-state index in [2.05, 4.69) is 5.32 Å². The lowest BCUT2D eigenvalue weighted by molar-refractivity contribution is -0.384. The molecule has 0 spiro atoms. The molecule has 1 aliphatic rings. The summed E-state index contributed by atoms with van der Waals surface area (Å²) in [6.45, 7) is 2.30. The molecule has 0 radical (unpaired) electrons. The standard InChI is InChI=1S/C12H11N3O3S/c1-2-14-11(16)10(13-12(14)19)7-8-4-3-5-9(6-8)15(17)18/h3-7H,2H2,1H3,(H,13,19)/b10-7-. The molecule has 0 aliphatic carbocycles. The van der Waals surface area contributed by atoms with Crippen molar-refractivity contribution in [3.05, 3.63) is 45.6 Å². The van der Waals surface area contributed by atoms with E-state index in [9.17, 15) is 14.9 Å². The van der Waals surface area contributed by atoms with Gasteiger partial charge in [0.2, 0.25) is 0 Å². The molecule has 1 amide bonds. The van der Waals surface area contributed by atoms with Crippen LogP contribution < -0.4 is 5.32 Å². The van der Waals surface area contributed by atoms with Gasteiger partial charge in [0.15, 0.2) is 5.11 Å². The molecule has 1 saturated heterocycles. The fraction of sp³-hybridized carbons (Fsp3) is 0.167. The lowest BCUT2D eigenvalue weighted by Gasteiger charge is -2.08. The number of hydrogen-bond donors (Lipinski definition) is 1. The topological polar surface area (TPSA) is 75.5 Å². The Hall–Kier alpha value is -2.28. The van der Waals surface area contributed by atoms with Gasteiger partial charge in [0, 0.05) is 18.7 Å². The molecule has 2 rings (SSSR count). The quantitative estimate of drug-likeness (QED) is 0.394. The van der Waals surface area contributed by atoms with Crippen molar-refractivity contribution >= 4 is 35.0 Å². The van der Waals surface area contributed by atoms with Crippen molar-refractivity contribution in [3.63, 3.8) is 0 Å². The van der Waals surface area contributed by atoms with E-state index in [0.717, 1.165) is 0 Å². The number of nitro benzene ring substituents is 1. The largest absolute Gasteiger partial charge is 0.328 e. The lowest BCUT2D eigenvalue weighted by atomic mass is 10.1. The molecule has 0 unspecified atom stereocenters. The van der Waals surface area contributed by atoms with E-state index in [0.29, 0.717) is 22.9 Å². The smallest absolute Gasteiger partial charge is 0.276 e. The second-order valence-electron chi connectivity index (χ2n) is 3.89. The van der Waals surface area contributed by atoms with Crippen LogP contribution in [0.2, 0.25) is 0 Å². The number of likely N-dealkylation sites (N-methyl/N-ethyl adjacent to an activating group) is 1. The van der Waals surface area contributed by atoms with Crippen LogP contribution in [0, 0.1) is 10.1 Å². The van der Waals surface area contributed by atoms with Gasteiger partial charge in [0.25, 0.3) is 11.6 Å². The molecule has 1 heterocycles. The Morgan fingerprint density at radius 1 is 1.53 bits per heavy atom. The fourth-order valence-electron chi connectivity index (χ4n) is 1.75. The maximum atomic E-state index is 11.9. The third-order valence-corrected chi connectivity index (χ3v) is 2.99. The highest BCUT2D eigenvalue weighted by atomic mass is 32.1. The zero-order valence-electron chi connectivity index (χ0n) is 10.1. The predicted octanol–water partition coefficient (Wildman–Crippen LogP) is 1.67. The van der Waals surface area contributed by atoms with E-state index < -0.39 is 4.92 Å². The lowest BCUT2D eigenvalue weighted by Crippen LogP contribution is -2.30. The van der Waals surface area contributed by atoms with Crippen LogP contribution in [0.25, 0.3) is 6.08 Å². The SMILES string of the molecule is CCN1C(=O)/C(=C/c2cccc([N+](=O)[O-])c2)NC1=S. The van der Waals surface area contributed by atoms with Crippen molar-refractivity contribution in [2.45, 2.75) is 6.92 Å². The van der Waals surface area contributed by atoms with Crippen LogP contribution in [0.15, 0.2) is 30.0 Å². The first-order valence-electron chi connectivity index (χ1n) is 5.62. The first kappa shape index (κ1) is 13.2. The minimum atomic E-state index is -0.477. The molecule has 0 saturated carbocycles. The van der Waals surface area contributed by atoms with Gasteiger partial charge in [0.1, 0.15) is 5.70 Å². The fourth-order valence-corrected chi connectivity index (χ4v) is 2.08. The number of carbonyl (C=O) groups is 1. The van der Waals surface area contributed by atoms with Gasteiger partial charge >= 0.3 is 0 Å². The van der Waals surface area contributed by atoms with E-state index >= 15 is 0 Å². The molecule has 0 bridgehead atoms. The van der Waals surface area contributed by atoms with E-state index in [4.69, 9.17) is 12.2 Å². The summed E-state index contributed by atoms with van der Waals surface area (Å²) in [6.07, 6.45) is 1.55. The summed E-state index contributed by atoms with van der Waals surface area (Å²) < 4.78 is 0. The number of nitrogens with zero attached hydrogens (tertiary/aromatic N) is 2. The Bertz CT molecular complexity index is 598. The van der Waals surface area contributed by atoms with Gasteiger partial charge in [-0.15, -0.1) is 0 Å². The number of non-ortho nitro benzene ring substituents is 1. The van der Waals surface area contributed by atoms with Gasteiger partial charge in [0.05, 0.1) is 4.92 Å². The third kappa shape index (κ3) is 2.60. The second-order valence-corrected chi connectivity index (χ2v) is 4.28. The zero-order chi connectivity index (χ0) is 14.0. The number of amides is 1. The molecule has 1 aliphatic heterocycles. The van der Waals surface area contributed by atoms with E-state index in [-0.39, 0.29) is 11.6 Å². The molecule has 7 heteroatoms. The number of carbonyl (C=O) groups excluding carboxylic acids is 1. The average molecular weight is 277 g/mol. The van der Waals surface area contributed by atoms with E-state index in [1.54, 1.807) is 18.2 Å². The van der Waals surface area contributed by atoms with Gasteiger partial charge < -0.3 is 5.32 Å². The van der Waals surface area contributed by atoms with Crippen LogP contribution in [0.4, 0.5) is 5.69 Å². The predicted molar refractivity (Wildman–Crippen MR) is 74.2 cm³/mol. The number of thiocarbonyl (C=S) groups is 1. The Balaban J connectivity index is 2.32. The van der Waals surface area contributed by atoms with Gasteiger partial charge in [-0.1, -0.05) is 12.1 Å². The Kier molecular flexibility index (Phi) is 3.57. The Labute approximate surface area is 114 Å². The van der Waals surface area contributed by atoms with Crippen LogP contribution in [0.5, 0.6) is 0 Å². The monoisotopic (exact) mass is 277 g/mol. The Morgan fingerprint density at radius 3 is 2.84 bits per heavy atom. The third-order valence-electron chi connectivity index (χ3n) is 2.67. The van der Waals surface area contributed by atoms with Crippen LogP contribution in [-0.4, -0.2) is 27.4 Å². The summed E-state index contributed by atoms with van der Waals surface area (Å²) in [6, 6.07) is 6.06. The van der Waals surface area contributed by atoms with Crippen molar-refractivity contribution in [1.29, 1.82) is 0 Å². The average Bonchev–Trinajstić information content (AvgIpc) is 2.64. The highest BCUT2D eigenvalue weighted by Crippen LogP contribution is 2.18. The number of nitro groups is 1. The van der Waals surface area contributed by atoms with Gasteiger partial charge in [-0.25, -0.2) is 0 Å². The van der Waals surface area contributed by atoms with E-state index in [1.165, 1.54) is 17.0 Å². The number of nitrogens with one attached hydrogen (secondary N) is 1. The summed E-state index contributed by atoms with van der Waals surface area (Å²) in [5.41, 5.74) is 0.882. The number of hydrogen-bond acceptors (Lipinski definition) is 4. The first-order valence-corrected chi connectivity index (χ1v) is 6.02. The normalized spacial score (nSPS) is 16.9. The summed E-state index contributed by atoms with van der Waals surface area (Å²) in [5, 5.41) is 13.8. The van der Waals surface area contributed by atoms with Crippen molar-refractivity contribution in [1.82, 2.24) is 10.2 Å². The number of benzene rings is 1. The summed E-state index contributed by atoms with van der Waals surface area (Å²) in [7, 11) is 0. The maximum Gasteiger partial charge on any atom is 0.276 e. The molecule has 1 aromatic rings. The molecule has 0 atom stereocenters. The van der Waals surface area contributed by atoms with Gasteiger partial charge in [-0.2, -0.15) is 0 Å². The zero-order valence-corrected chi connectivity index (χ0v) is 10.9. The van der Waals surface area contributed by atoms with Crippen molar-refractivity contribution in [2.75, 3.05) is 6.54 Å². The molecule has 0 aromatic heterocycles. The van der Waals surface area contributed by atoms with Gasteiger partial charge in [-0.3, -0.25) is 19.8 Å². The van der Waals surface area contributed by atoms with Crippen LogP contribution in [0.3, 0.4) is 0 Å². The maximum absolute atomic E-state index is 11.9. The summed E-state index contributed by atoms with van der Waals surface area (Å²) in [5.74, 6) is -0.223. The number of rotatable bonds is 3.